The first-order valence-electron chi connectivity index (χ1n) is 10.2. The van der Waals surface area contributed by atoms with Gasteiger partial charge in [0.2, 0.25) is 0 Å². The molecule has 0 saturated heterocycles. The third-order valence-corrected chi connectivity index (χ3v) is 6.23. The molecule has 0 spiro atoms. The van der Waals surface area contributed by atoms with Gasteiger partial charge in [0.25, 0.3) is 5.91 Å². The molecule has 1 heterocycles. The van der Waals surface area contributed by atoms with Crippen molar-refractivity contribution in [1.82, 2.24) is 20.1 Å². The smallest absolute Gasteiger partial charge is 0.258 e. The van der Waals surface area contributed by atoms with Crippen LogP contribution in [-0.2, 0) is 17.1 Å². The molecule has 0 fully saturated rings. The van der Waals surface area contributed by atoms with Gasteiger partial charge in [-0.15, -0.1) is 10.2 Å². The Kier molecular flexibility index (Phi) is 8.05. The number of amides is 1. The summed E-state index contributed by atoms with van der Waals surface area (Å²) < 4.78 is 20.5. The number of hydrogen-bond donors (Lipinski definition) is 1. The quantitative estimate of drug-likeness (QED) is 0.289. The van der Waals surface area contributed by atoms with Crippen LogP contribution in [0.4, 0.5) is 4.39 Å². The molecule has 0 atom stereocenters. The number of carbonyl (C=O) groups excluding carboxylic acids is 1. The Bertz CT molecular complexity index is 1270. The minimum absolute atomic E-state index is 0.111. The lowest BCUT2D eigenvalue weighted by atomic mass is 10.2. The summed E-state index contributed by atoms with van der Waals surface area (Å²) in [4.78, 5) is 12.3. The Balaban J connectivity index is 1.50. The van der Waals surface area contributed by atoms with Crippen LogP contribution in [0.15, 0.2) is 78.0 Å². The first-order valence-corrected chi connectivity index (χ1v) is 12.0. The van der Waals surface area contributed by atoms with Crippen molar-refractivity contribution in [3.05, 3.63) is 100 Å². The molecule has 0 radical (unpaired) electrons. The molecule has 34 heavy (non-hydrogen) atoms. The first kappa shape index (κ1) is 24.1. The summed E-state index contributed by atoms with van der Waals surface area (Å²) in [6, 6.07) is 20.4. The lowest BCUT2D eigenvalue weighted by Gasteiger charge is -2.13. The number of aromatic nitrogens is 3. The molecule has 10 heteroatoms. The SMILES string of the molecule is O=C(COc1ccccc1)NCc1nnc(SCc2ccc(F)cc2)n1-c1ccc(Cl)cc1Cl. The van der Waals surface area contributed by atoms with Gasteiger partial charge in [-0.2, -0.15) is 0 Å². The lowest BCUT2D eigenvalue weighted by molar-refractivity contribution is -0.123. The zero-order chi connectivity index (χ0) is 23.9. The average molecular weight is 517 g/mol. The standard InChI is InChI=1S/C24H19Cl2FN4O2S/c25-17-8-11-21(20(26)12-17)31-22(13-28-23(32)14-33-19-4-2-1-3-5-19)29-30-24(31)34-15-16-6-9-18(27)10-7-16/h1-12H,13-15H2,(H,28,32). The number of thioether (sulfide) groups is 1. The lowest BCUT2D eigenvalue weighted by Crippen LogP contribution is -2.29. The van der Waals surface area contributed by atoms with E-state index in [2.05, 4.69) is 15.5 Å². The van der Waals surface area contributed by atoms with Crippen LogP contribution in [0.5, 0.6) is 5.75 Å². The highest BCUT2D eigenvalue weighted by atomic mass is 35.5. The van der Waals surface area contributed by atoms with Crippen LogP contribution in [0.25, 0.3) is 5.69 Å². The Morgan fingerprint density at radius 3 is 2.53 bits per heavy atom. The van der Waals surface area contributed by atoms with Gasteiger partial charge in [0.05, 0.1) is 17.3 Å². The van der Waals surface area contributed by atoms with Gasteiger partial charge in [-0.25, -0.2) is 4.39 Å². The van der Waals surface area contributed by atoms with E-state index >= 15 is 0 Å². The van der Waals surface area contributed by atoms with E-state index in [0.717, 1.165) is 5.56 Å². The molecule has 4 aromatic rings. The van der Waals surface area contributed by atoms with Gasteiger partial charge in [-0.1, -0.05) is 65.3 Å². The van der Waals surface area contributed by atoms with Crippen LogP contribution in [0.2, 0.25) is 10.0 Å². The van der Waals surface area contributed by atoms with Crippen LogP contribution in [-0.4, -0.2) is 27.3 Å². The summed E-state index contributed by atoms with van der Waals surface area (Å²) in [7, 11) is 0. The predicted octanol–water partition coefficient (Wildman–Crippen LogP) is 5.70. The summed E-state index contributed by atoms with van der Waals surface area (Å²) in [6.07, 6.45) is 0. The van der Waals surface area contributed by atoms with E-state index in [1.54, 1.807) is 47.0 Å². The van der Waals surface area contributed by atoms with E-state index in [-0.39, 0.29) is 24.9 Å². The van der Waals surface area contributed by atoms with E-state index in [9.17, 15) is 9.18 Å². The second-order valence-corrected chi connectivity index (χ2v) is 8.91. The molecule has 4 rings (SSSR count). The fraction of sp³-hybridized carbons (Fsp3) is 0.125. The number of benzene rings is 3. The number of para-hydroxylation sites is 1. The van der Waals surface area contributed by atoms with Crippen LogP contribution < -0.4 is 10.1 Å². The molecule has 0 aliphatic heterocycles. The molecule has 1 aromatic heterocycles. The van der Waals surface area contributed by atoms with Crippen molar-refractivity contribution in [2.75, 3.05) is 6.61 Å². The molecule has 1 N–H and O–H groups in total. The zero-order valence-corrected chi connectivity index (χ0v) is 20.1. The number of ether oxygens (including phenoxy) is 1. The fourth-order valence-electron chi connectivity index (χ4n) is 3.04. The maximum Gasteiger partial charge on any atom is 0.258 e. The molecule has 0 unspecified atom stereocenters. The molecule has 0 aliphatic rings. The predicted molar refractivity (Wildman–Crippen MR) is 131 cm³/mol. The van der Waals surface area contributed by atoms with Crippen molar-refractivity contribution in [3.8, 4) is 11.4 Å². The molecule has 0 saturated carbocycles. The Hall–Kier alpha value is -3.07. The Morgan fingerprint density at radius 1 is 1.03 bits per heavy atom. The number of halogens is 3. The van der Waals surface area contributed by atoms with Crippen molar-refractivity contribution >= 4 is 40.9 Å². The second kappa shape index (κ2) is 11.4. The second-order valence-electron chi connectivity index (χ2n) is 7.12. The number of carbonyl (C=O) groups is 1. The third kappa shape index (κ3) is 6.28. The average Bonchev–Trinajstić information content (AvgIpc) is 3.24. The highest BCUT2D eigenvalue weighted by molar-refractivity contribution is 7.98. The van der Waals surface area contributed by atoms with Gasteiger partial charge in [0.1, 0.15) is 11.6 Å². The highest BCUT2D eigenvalue weighted by Crippen LogP contribution is 2.30. The van der Waals surface area contributed by atoms with Gasteiger partial charge in [-0.3, -0.25) is 9.36 Å². The summed E-state index contributed by atoms with van der Waals surface area (Å²) in [6.45, 7) is -0.0218. The van der Waals surface area contributed by atoms with Gasteiger partial charge in [0, 0.05) is 10.8 Å². The maximum absolute atomic E-state index is 13.2. The maximum atomic E-state index is 13.2. The normalized spacial score (nSPS) is 10.8. The highest BCUT2D eigenvalue weighted by Gasteiger charge is 2.18. The van der Waals surface area contributed by atoms with Crippen molar-refractivity contribution in [2.24, 2.45) is 0 Å². The van der Waals surface area contributed by atoms with E-state index in [4.69, 9.17) is 27.9 Å². The van der Waals surface area contributed by atoms with E-state index in [1.807, 2.05) is 18.2 Å². The topological polar surface area (TPSA) is 69.0 Å². The molecular weight excluding hydrogens is 498 g/mol. The summed E-state index contributed by atoms with van der Waals surface area (Å²) in [5.74, 6) is 1.04. The van der Waals surface area contributed by atoms with E-state index < -0.39 is 0 Å². The van der Waals surface area contributed by atoms with Gasteiger partial charge in [0.15, 0.2) is 17.6 Å². The third-order valence-electron chi connectivity index (χ3n) is 4.69. The van der Waals surface area contributed by atoms with Crippen LogP contribution >= 0.6 is 35.0 Å². The summed E-state index contributed by atoms with van der Waals surface area (Å²) in [5.41, 5.74) is 1.55. The Labute approximate surface area is 210 Å². The number of nitrogens with one attached hydrogen (secondary N) is 1. The van der Waals surface area contributed by atoms with Crippen molar-refractivity contribution in [1.29, 1.82) is 0 Å². The van der Waals surface area contributed by atoms with Crippen molar-refractivity contribution < 1.29 is 13.9 Å². The molecular formula is C24H19Cl2FN4O2S. The largest absolute Gasteiger partial charge is 0.484 e. The number of rotatable bonds is 9. The first-order chi connectivity index (χ1) is 16.5. The molecule has 1 amide bonds. The molecule has 0 aliphatic carbocycles. The summed E-state index contributed by atoms with van der Waals surface area (Å²) >= 11 is 13.9. The van der Waals surface area contributed by atoms with Gasteiger partial charge < -0.3 is 10.1 Å². The van der Waals surface area contributed by atoms with Crippen LogP contribution in [0, 0.1) is 5.82 Å². The molecule has 0 bridgehead atoms. The van der Waals surface area contributed by atoms with Crippen LogP contribution in [0.3, 0.4) is 0 Å². The molecule has 6 nitrogen and oxygen atoms in total. The van der Waals surface area contributed by atoms with E-state index in [1.165, 1.54) is 23.9 Å². The fourth-order valence-corrected chi connectivity index (χ4v) is 4.45. The number of hydrogen-bond acceptors (Lipinski definition) is 5. The van der Waals surface area contributed by atoms with E-state index in [0.29, 0.717) is 38.2 Å². The van der Waals surface area contributed by atoms with Gasteiger partial charge >= 0.3 is 0 Å². The van der Waals surface area contributed by atoms with Crippen molar-refractivity contribution in [2.45, 2.75) is 17.5 Å². The minimum Gasteiger partial charge on any atom is -0.484 e. The van der Waals surface area contributed by atoms with Crippen molar-refractivity contribution in [3.63, 3.8) is 0 Å². The van der Waals surface area contributed by atoms with Crippen LogP contribution in [0.1, 0.15) is 11.4 Å². The molecule has 174 valence electrons. The summed E-state index contributed by atoms with van der Waals surface area (Å²) in [5, 5.41) is 12.8. The zero-order valence-electron chi connectivity index (χ0n) is 17.7. The monoisotopic (exact) mass is 516 g/mol. The minimum atomic E-state index is -0.305. The van der Waals surface area contributed by atoms with Gasteiger partial charge in [-0.05, 0) is 48.0 Å². The number of nitrogens with zero attached hydrogens (tertiary/aromatic N) is 3. The Morgan fingerprint density at radius 2 is 1.79 bits per heavy atom. The molecule has 3 aromatic carbocycles.